The average Bonchev–Trinajstić information content (AvgIpc) is 3.45. The number of nitrogen functional groups attached to an aromatic ring is 1. The predicted molar refractivity (Wildman–Crippen MR) is 173 cm³/mol. The van der Waals surface area contributed by atoms with Crippen molar-refractivity contribution in [3.63, 3.8) is 0 Å². The number of nitrogens with two attached hydrogens (primary N) is 1. The Balaban J connectivity index is 1.15. The van der Waals surface area contributed by atoms with Crippen molar-refractivity contribution in [1.29, 1.82) is 5.26 Å². The number of hydrogen-bond acceptors (Lipinski definition) is 11. The summed E-state index contributed by atoms with van der Waals surface area (Å²) in [4.78, 5) is 38.7. The quantitative estimate of drug-likeness (QED) is 0.205. The van der Waals surface area contributed by atoms with Gasteiger partial charge in [0.2, 0.25) is 11.7 Å². The molecule has 0 unspecified atom stereocenters. The van der Waals surface area contributed by atoms with Crippen LogP contribution in [0.25, 0.3) is 39.5 Å². The lowest BCUT2D eigenvalue weighted by molar-refractivity contribution is 0.211. The fourth-order valence-electron chi connectivity index (χ4n) is 5.76. The Morgan fingerprint density at radius 2 is 1.78 bits per heavy atom. The summed E-state index contributed by atoms with van der Waals surface area (Å²) in [6.45, 7) is 2.66. The topological polar surface area (TPSA) is 188 Å². The number of nitrogens with zero attached hydrogens (tertiary/aromatic N) is 8. The first kappa shape index (κ1) is 28.6. The van der Waals surface area contributed by atoms with Crippen molar-refractivity contribution in [2.75, 3.05) is 24.1 Å². The van der Waals surface area contributed by atoms with Gasteiger partial charge in [-0.3, -0.25) is 19.2 Å². The van der Waals surface area contributed by atoms with E-state index in [-0.39, 0.29) is 17.7 Å². The second-order valence-corrected chi connectivity index (χ2v) is 11.1. The molecule has 5 N–H and O–H groups in total. The molecule has 6 aromatic rings. The molecule has 0 spiro atoms. The van der Waals surface area contributed by atoms with Gasteiger partial charge in [-0.15, -0.1) is 0 Å². The van der Waals surface area contributed by atoms with Crippen LogP contribution >= 0.6 is 0 Å². The molecule has 6 heterocycles. The summed E-state index contributed by atoms with van der Waals surface area (Å²) >= 11 is 0. The van der Waals surface area contributed by atoms with Crippen LogP contribution in [0.1, 0.15) is 24.2 Å². The van der Waals surface area contributed by atoms with Crippen LogP contribution in [0.3, 0.4) is 0 Å². The SMILES string of the molecule is N#Cc1nccc(NC2CCN(Cc3ccc(-n4c(-c5cccnc5N)nc5ccc(-c6ccc(=O)[nH]c6O)nc54)cc3)CC2)n1. The third-order valence-corrected chi connectivity index (χ3v) is 8.05. The number of nitriles is 1. The number of hydrogen-bond donors (Lipinski definition) is 4. The molecular weight excluding hydrogens is 582 g/mol. The number of imidazole rings is 1. The van der Waals surface area contributed by atoms with Crippen LogP contribution in [0.2, 0.25) is 0 Å². The van der Waals surface area contributed by atoms with Crippen molar-refractivity contribution in [3.8, 4) is 40.3 Å². The third-order valence-electron chi connectivity index (χ3n) is 8.05. The molecule has 228 valence electrons. The summed E-state index contributed by atoms with van der Waals surface area (Å²) in [5.74, 6) is 1.52. The van der Waals surface area contributed by atoms with Gasteiger partial charge in [-0.2, -0.15) is 5.26 Å². The number of aromatic amines is 1. The van der Waals surface area contributed by atoms with E-state index in [2.05, 4.69) is 42.3 Å². The molecular formula is C33H29N11O2. The van der Waals surface area contributed by atoms with Gasteiger partial charge >= 0.3 is 0 Å². The molecule has 13 nitrogen and oxygen atoms in total. The molecule has 0 radical (unpaired) electrons. The third kappa shape index (κ3) is 5.72. The van der Waals surface area contributed by atoms with Crippen LogP contribution in [0.4, 0.5) is 11.6 Å². The molecule has 0 saturated carbocycles. The van der Waals surface area contributed by atoms with Crippen LogP contribution in [0.15, 0.2) is 83.9 Å². The first-order chi connectivity index (χ1) is 22.4. The van der Waals surface area contributed by atoms with E-state index in [4.69, 9.17) is 21.0 Å². The maximum atomic E-state index is 11.7. The van der Waals surface area contributed by atoms with E-state index < -0.39 is 5.56 Å². The zero-order valence-electron chi connectivity index (χ0n) is 24.6. The number of fused-ring (bicyclic) bond motifs is 1. The number of anilines is 2. The minimum Gasteiger partial charge on any atom is -0.494 e. The summed E-state index contributed by atoms with van der Waals surface area (Å²) in [6.07, 6.45) is 5.15. The number of piperidine rings is 1. The lowest BCUT2D eigenvalue weighted by Crippen LogP contribution is -2.38. The van der Waals surface area contributed by atoms with Crippen LogP contribution in [-0.4, -0.2) is 63.6 Å². The molecule has 5 aromatic heterocycles. The molecule has 0 aliphatic carbocycles. The van der Waals surface area contributed by atoms with E-state index in [1.165, 1.54) is 17.7 Å². The normalized spacial score (nSPS) is 13.9. The minimum atomic E-state index is -0.403. The van der Waals surface area contributed by atoms with Gasteiger partial charge in [0.1, 0.15) is 23.2 Å². The fourth-order valence-corrected chi connectivity index (χ4v) is 5.76. The van der Waals surface area contributed by atoms with Gasteiger partial charge < -0.3 is 16.2 Å². The molecule has 1 fully saturated rings. The van der Waals surface area contributed by atoms with E-state index in [1.54, 1.807) is 24.5 Å². The Morgan fingerprint density at radius 3 is 2.54 bits per heavy atom. The molecule has 1 aliphatic rings. The van der Waals surface area contributed by atoms with Crippen molar-refractivity contribution in [2.24, 2.45) is 0 Å². The number of pyridine rings is 3. The van der Waals surface area contributed by atoms with Crippen LogP contribution in [0.5, 0.6) is 5.88 Å². The Labute approximate surface area is 263 Å². The Hall–Kier alpha value is -6.13. The van der Waals surface area contributed by atoms with E-state index in [9.17, 15) is 9.90 Å². The monoisotopic (exact) mass is 611 g/mol. The Morgan fingerprint density at radius 1 is 0.957 bits per heavy atom. The first-order valence-corrected chi connectivity index (χ1v) is 14.8. The highest BCUT2D eigenvalue weighted by molar-refractivity contribution is 5.85. The zero-order valence-corrected chi connectivity index (χ0v) is 24.6. The number of aromatic nitrogens is 7. The van der Waals surface area contributed by atoms with Gasteiger partial charge in [0.25, 0.3) is 5.56 Å². The number of aromatic hydroxyl groups is 1. The summed E-state index contributed by atoms with van der Waals surface area (Å²) in [6, 6.07) is 22.5. The number of likely N-dealkylation sites (tertiary alicyclic amines) is 1. The van der Waals surface area contributed by atoms with Gasteiger partial charge in [-0.1, -0.05) is 12.1 Å². The van der Waals surface area contributed by atoms with Crippen LogP contribution in [-0.2, 0) is 6.54 Å². The average molecular weight is 612 g/mol. The number of benzene rings is 1. The van der Waals surface area contributed by atoms with Gasteiger partial charge in [0, 0.05) is 49.8 Å². The summed E-state index contributed by atoms with van der Waals surface area (Å²) in [5, 5.41) is 22.9. The van der Waals surface area contributed by atoms with E-state index in [0.717, 1.165) is 38.2 Å². The van der Waals surface area contributed by atoms with Crippen LogP contribution < -0.4 is 16.6 Å². The van der Waals surface area contributed by atoms with Crippen molar-refractivity contribution in [3.05, 3.63) is 101 Å². The van der Waals surface area contributed by atoms with Crippen molar-refractivity contribution in [1.82, 2.24) is 39.4 Å². The highest BCUT2D eigenvalue weighted by atomic mass is 16.3. The van der Waals surface area contributed by atoms with E-state index in [0.29, 0.717) is 45.4 Å². The van der Waals surface area contributed by atoms with Gasteiger partial charge in [0.05, 0.1) is 16.8 Å². The maximum Gasteiger partial charge on any atom is 0.250 e. The molecule has 7 rings (SSSR count). The number of H-pyrrole nitrogens is 1. The Kier molecular flexibility index (Phi) is 7.53. The second-order valence-electron chi connectivity index (χ2n) is 11.1. The predicted octanol–water partition coefficient (Wildman–Crippen LogP) is 3.86. The van der Waals surface area contributed by atoms with Crippen LogP contribution in [0, 0.1) is 11.3 Å². The summed E-state index contributed by atoms with van der Waals surface area (Å²) in [7, 11) is 0. The molecule has 0 atom stereocenters. The fraction of sp³-hybridized carbons (Fsp3) is 0.182. The van der Waals surface area contributed by atoms with Crippen molar-refractivity contribution < 1.29 is 5.11 Å². The standard InChI is InChI=1S/C33H29N11O2/c34-18-28-36-15-11-27(41-28)38-21-12-16-43(17-13-21)19-20-3-5-22(6-4-20)44-31(24-2-1-14-37-30(24)35)40-26-9-8-25(39-32(26)44)23-7-10-29(45)42-33(23)46/h1-11,14-15,21H,12-13,16-17,19H2,(H2,35,37)(H,36,38,41)(H2,42,45,46). The second kappa shape index (κ2) is 12.1. The lowest BCUT2D eigenvalue weighted by atomic mass is 10.0. The molecule has 0 amide bonds. The molecule has 1 aromatic carbocycles. The van der Waals surface area contributed by atoms with Gasteiger partial charge in [0.15, 0.2) is 11.5 Å². The Bertz CT molecular complexity index is 2140. The first-order valence-electron chi connectivity index (χ1n) is 14.8. The largest absolute Gasteiger partial charge is 0.494 e. The highest BCUT2D eigenvalue weighted by Gasteiger charge is 2.21. The molecule has 1 saturated heterocycles. The van der Waals surface area contributed by atoms with Gasteiger partial charge in [-0.05, 0) is 66.9 Å². The number of nitrogens with one attached hydrogen (secondary N) is 2. The zero-order chi connectivity index (χ0) is 31.6. The lowest BCUT2D eigenvalue weighted by Gasteiger charge is -2.32. The molecule has 13 heteroatoms. The summed E-state index contributed by atoms with van der Waals surface area (Å²) in [5.41, 5.74) is 10.6. The van der Waals surface area contributed by atoms with Gasteiger partial charge in [-0.25, -0.2) is 24.9 Å². The smallest absolute Gasteiger partial charge is 0.250 e. The number of rotatable bonds is 7. The van der Waals surface area contributed by atoms with E-state index in [1.807, 2.05) is 41.0 Å². The van der Waals surface area contributed by atoms with E-state index >= 15 is 0 Å². The maximum absolute atomic E-state index is 11.7. The molecule has 46 heavy (non-hydrogen) atoms. The summed E-state index contributed by atoms with van der Waals surface area (Å²) < 4.78 is 1.93. The molecule has 1 aliphatic heterocycles. The minimum absolute atomic E-state index is 0.162. The van der Waals surface area contributed by atoms with Crippen molar-refractivity contribution in [2.45, 2.75) is 25.4 Å². The highest BCUT2D eigenvalue weighted by Crippen LogP contribution is 2.33. The molecule has 0 bridgehead atoms. The van der Waals surface area contributed by atoms with Crippen molar-refractivity contribution >= 4 is 22.8 Å².